The van der Waals surface area contributed by atoms with Crippen LogP contribution < -0.4 is 11.3 Å². The minimum absolute atomic E-state index is 0.0258. The second-order valence-electron chi connectivity index (χ2n) is 7.18. The number of nitrogens with zero attached hydrogens (tertiary/aromatic N) is 1. The standard InChI is InChI=1S/C18H33N3/c1-8-18(9-2,21(6)7)16(20-19)14-10-12-15(13-11-14)17(3,4)5/h10-13,16,20H,8-9,19H2,1-7H3. The van der Waals surface area contributed by atoms with Crippen molar-refractivity contribution < 1.29 is 0 Å². The molecule has 3 heteroatoms. The molecule has 0 aliphatic heterocycles. The fraction of sp³-hybridized carbons (Fsp3) is 0.667. The Kier molecular flexibility index (Phi) is 5.97. The summed E-state index contributed by atoms with van der Waals surface area (Å²) < 4.78 is 0. The third kappa shape index (κ3) is 3.65. The Hall–Kier alpha value is -0.900. The SMILES string of the molecule is CCC(CC)(C(NN)c1ccc(C(C)(C)C)cc1)N(C)C. The Bertz CT molecular complexity index is 425. The minimum Gasteiger partial charge on any atom is -0.302 e. The van der Waals surface area contributed by atoms with Gasteiger partial charge in [0.2, 0.25) is 0 Å². The highest BCUT2D eigenvalue weighted by Crippen LogP contribution is 2.36. The predicted octanol–water partition coefficient (Wildman–Crippen LogP) is 3.61. The van der Waals surface area contributed by atoms with Gasteiger partial charge in [0.1, 0.15) is 0 Å². The van der Waals surface area contributed by atoms with Crippen LogP contribution in [0.25, 0.3) is 0 Å². The van der Waals surface area contributed by atoms with Crippen LogP contribution in [0, 0.1) is 0 Å². The first-order valence-electron chi connectivity index (χ1n) is 7.97. The van der Waals surface area contributed by atoms with E-state index < -0.39 is 0 Å². The van der Waals surface area contributed by atoms with E-state index in [4.69, 9.17) is 5.84 Å². The van der Waals surface area contributed by atoms with Gasteiger partial charge in [-0.3, -0.25) is 11.3 Å². The Morgan fingerprint density at radius 2 is 1.52 bits per heavy atom. The third-order valence-corrected chi connectivity index (χ3v) is 4.93. The van der Waals surface area contributed by atoms with Gasteiger partial charge in [-0.25, -0.2) is 0 Å². The van der Waals surface area contributed by atoms with Crippen LogP contribution in [-0.2, 0) is 5.41 Å². The molecule has 1 unspecified atom stereocenters. The van der Waals surface area contributed by atoms with Crippen LogP contribution in [0.5, 0.6) is 0 Å². The molecule has 1 aromatic rings. The van der Waals surface area contributed by atoms with Crippen molar-refractivity contribution >= 4 is 0 Å². The van der Waals surface area contributed by atoms with E-state index in [0.717, 1.165) is 12.8 Å². The molecule has 1 atom stereocenters. The van der Waals surface area contributed by atoms with E-state index in [0.29, 0.717) is 0 Å². The van der Waals surface area contributed by atoms with Crippen LogP contribution in [0.2, 0.25) is 0 Å². The number of nitrogens with two attached hydrogens (primary N) is 1. The molecule has 0 amide bonds. The summed E-state index contributed by atoms with van der Waals surface area (Å²) in [5, 5.41) is 0. The zero-order chi connectivity index (χ0) is 16.3. The monoisotopic (exact) mass is 291 g/mol. The molecule has 0 fully saturated rings. The van der Waals surface area contributed by atoms with Gasteiger partial charge in [0, 0.05) is 5.54 Å². The Balaban J connectivity index is 3.21. The summed E-state index contributed by atoms with van der Waals surface area (Å²) in [6.07, 6.45) is 2.10. The maximum Gasteiger partial charge on any atom is 0.0643 e. The number of hydrogen-bond donors (Lipinski definition) is 2. The molecule has 3 nitrogen and oxygen atoms in total. The summed E-state index contributed by atoms with van der Waals surface area (Å²) in [4.78, 5) is 2.30. The van der Waals surface area contributed by atoms with Crippen molar-refractivity contribution in [2.75, 3.05) is 14.1 Å². The quantitative estimate of drug-likeness (QED) is 0.621. The van der Waals surface area contributed by atoms with Crippen molar-refractivity contribution in [3.05, 3.63) is 35.4 Å². The minimum atomic E-state index is 0.0258. The maximum atomic E-state index is 5.93. The molecule has 0 aromatic heterocycles. The molecule has 1 aromatic carbocycles. The van der Waals surface area contributed by atoms with Gasteiger partial charge in [-0.2, -0.15) is 0 Å². The second kappa shape index (κ2) is 6.91. The highest BCUT2D eigenvalue weighted by Gasteiger charge is 2.38. The summed E-state index contributed by atoms with van der Waals surface area (Å²) in [5.41, 5.74) is 5.87. The summed E-state index contributed by atoms with van der Waals surface area (Å²) in [6.45, 7) is 11.2. The van der Waals surface area contributed by atoms with Crippen LogP contribution in [0.15, 0.2) is 24.3 Å². The van der Waals surface area contributed by atoms with Gasteiger partial charge in [0.25, 0.3) is 0 Å². The molecule has 0 aliphatic rings. The van der Waals surface area contributed by atoms with Gasteiger partial charge < -0.3 is 4.90 Å². The summed E-state index contributed by atoms with van der Waals surface area (Å²) in [6, 6.07) is 9.01. The fourth-order valence-electron chi connectivity index (χ4n) is 3.29. The zero-order valence-electron chi connectivity index (χ0n) is 14.8. The number of nitrogens with one attached hydrogen (secondary N) is 1. The summed E-state index contributed by atoms with van der Waals surface area (Å²) in [5.74, 6) is 5.93. The Labute approximate surface area is 130 Å². The van der Waals surface area contributed by atoms with Crippen LogP contribution in [0.1, 0.15) is 64.6 Å². The van der Waals surface area contributed by atoms with Crippen LogP contribution in [-0.4, -0.2) is 24.5 Å². The average Bonchev–Trinajstić information content (AvgIpc) is 2.43. The van der Waals surface area contributed by atoms with Crippen molar-refractivity contribution in [2.24, 2.45) is 5.84 Å². The molecule has 0 saturated heterocycles. The van der Waals surface area contributed by atoms with E-state index in [1.165, 1.54) is 11.1 Å². The van der Waals surface area contributed by atoms with Gasteiger partial charge in [-0.15, -0.1) is 0 Å². The summed E-state index contributed by atoms with van der Waals surface area (Å²) in [7, 11) is 4.28. The molecule has 0 heterocycles. The van der Waals surface area contributed by atoms with Gasteiger partial charge in [-0.1, -0.05) is 58.9 Å². The van der Waals surface area contributed by atoms with Gasteiger partial charge >= 0.3 is 0 Å². The molecule has 120 valence electrons. The molecule has 0 spiro atoms. The van der Waals surface area contributed by atoms with E-state index in [1.807, 2.05) is 0 Å². The lowest BCUT2D eigenvalue weighted by Gasteiger charge is -2.45. The molecule has 0 bridgehead atoms. The Morgan fingerprint density at radius 3 is 1.81 bits per heavy atom. The second-order valence-corrected chi connectivity index (χ2v) is 7.18. The van der Waals surface area contributed by atoms with E-state index in [-0.39, 0.29) is 17.0 Å². The average molecular weight is 291 g/mol. The fourth-order valence-corrected chi connectivity index (χ4v) is 3.29. The normalized spacial score (nSPS) is 14.5. The summed E-state index contributed by atoms with van der Waals surface area (Å²) >= 11 is 0. The number of rotatable bonds is 6. The van der Waals surface area contributed by atoms with Crippen molar-refractivity contribution in [3.63, 3.8) is 0 Å². The Morgan fingerprint density at radius 1 is 1.05 bits per heavy atom. The van der Waals surface area contributed by atoms with E-state index in [9.17, 15) is 0 Å². The van der Waals surface area contributed by atoms with Crippen molar-refractivity contribution in [1.82, 2.24) is 10.3 Å². The maximum absolute atomic E-state index is 5.93. The third-order valence-electron chi connectivity index (χ3n) is 4.93. The van der Waals surface area contributed by atoms with Crippen molar-refractivity contribution in [3.8, 4) is 0 Å². The first-order chi connectivity index (χ1) is 9.72. The lowest BCUT2D eigenvalue weighted by atomic mass is 9.79. The molecule has 3 N–H and O–H groups in total. The lowest BCUT2D eigenvalue weighted by molar-refractivity contribution is 0.0882. The molecular weight excluding hydrogens is 258 g/mol. The largest absolute Gasteiger partial charge is 0.302 e. The molecule has 0 aliphatic carbocycles. The van der Waals surface area contributed by atoms with Crippen LogP contribution in [0.4, 0.5) is 0 Å². The van der Waals surface area contributed by atoms with Gasteiger partial charge in [0.15, 0.2) is 0 Å². The topological polar surface area (TPSA) is 41.3 Å². The van der Waals surface area contributed by atoms with E-state index >= 15 is 0 Å². The van der Waals surface area contributed by atoms with Gasteiger partial charge in [0.05, 0.1) is 6.04 Å². The molecule has 0 saturated carbocycles. The first-order valence-corrected chi connectivity index (χ1v) is 7.97. The number of likely N-dealkylation sites (N-methyl/N-ethyl adjacent to an activating group) is 1. The lowest BCUT2D eigenvalue weighted by Crippen LogP contribution is -2.54. The highest BCUT2D eigenvalue weighted by atomic mass is 15.3. The highest BCUT2D eigenvalue weighted by molar-refractivity contribution is 5.31. The van der Waals surface area contributed by atoms with Crippen molar-refractivity contribution in [2.45, 2.75) is 64.5 Å². The zero-order valence-corrected chi connectivity index (χ0v) is 14.8. The van der Waals surface area contributed by atoms with E-state index in [1.54, 1.807) is 0 Å². The predicted molar refractivity (Wildman–Crippen MR) is 92.2 cm³/mol. The van der Waals surface area contributed by atoms with Gasteiger partial charge in [-0.05, 0) is 43.5 Å². The van der Waals surface area contributed by atoms with Crippen LogP contribution >= 0.6 is 0 Å². The smallest absolute Gasteiger partial charge is 0.0643 e. The number of hydrazine groups is 1. The molecule has 1 rings (SSSR count). The number of benzene rings is 1. The molecular formula is C18H33N3. The molecule has 0 radical (unpaired) electrons. The molecule has 21 heavy (non-hydrogen) atoms. The van der Waals surface area contributed by atoms with Crippen molar-refractivity contribution in [1.29, 1.82) is 0 Å². The van der Waals surface area contributed by atoms with E-state index in [2.05, 4.69) is 83.3 Å². The first kappa shape index (κ1) is 18.1. The number of hydrogen-bond acceptors (Lipinski definition) is 3. The van der Waals surface area contributed by atoms with Crippen LogP contribution in [0.3, 0.4) is 0 Å².